The average molecular weight is 458 g/mol. The number of aromatic carboxylic acids is 1. The number of ether oxygens (including phenoxy) is 1. The van der Waals surface area contributed by atoms with Crippen LogP contribution in [0, 0.1) is 0 Å². The Morgan fingerprint density at radius 3 is 2.58 bits per heavy atom. The summed E-state index contributed by atoms with van der Waals surface area (Å²) in [6.45, 7) is 0.902. The van der Waals surface area contributed by atoms with Crippen molar-refractivity contribution in [2.24, 2.45) is 0 Å². The van der Waals surface area contributed by atoms with Crippen LogP contribution in [0.25, 0.3) is 10.8 Å². The molecule has 1 aliphatic heterocycles. The van der Waals surface area contributed by atoms with Gasteiger partial charge in [-0.15, -0.1) is 0 Å². The van der Waals surface area contributed by atoms with Gasteiger partial charge in [-0.1, -0.05) is 42.5 Å². The summed E-state index contributed by atoms with van der Waals surface area (Å²) in [4.78, 5) is 11.6. The zero-order chi connectivity index (χ0) is 22.0. The van der Waals surface area contributed by atoms with Crippen molar-refractivity contribution in [3.05, 3.63) is 77.9 Å². The summed E-state index contributed by atoms with van der Waals surface area (Å²) in [5.74, 6) is -1.13. The smallest absolute Gasteiger partial charge is 0.335 e. The molecule has 0 amide bonds. The first-order valence-corrected chi connectivity index (χ1v) is 12.0. The molecule has 0 bridgehead atoms. The fraction of sp³-hybridized carbons (Fsp3) is 0.261. The molecule has 0 aliphatic carbocycles. The van der Waals surface area contributed by atoms with Crippen molar-refractivity contribution in [1.82, 2.24) is 5.32 Å². The van der Waals surface area contributed by atoms with Crippen molar-refractivity contribution >= 4 is 39.2 Å². The number of fused-ring (bicyclic) bond motifs is 1. The number of rotatable bonds is 7. The number of nitrogens with one attached hydrogen (secondary N) is 1. The van der Waals surface area contributed by atoms with E-state index in [1.807, 2.05) is 24.3 Å². The van der Waals surface area contributed by atoms with Gasteiger partial charge < -0.3 is 15.2 Å². The van der Waals surface area contributed by atoms with Crippen LogP contribution >= 0.6 is 12.6 Å². The molecule has 1 fully saturated rings. The van der Waals surface area contributed by atoms with E-state index in [1.54, 1.807) is 24.3 Å². The van der Waals surface area contributed by atoms with Gasteiger partial charge >= 0.3 is 5.97 Å². The first-order valence-electron chi connectivity index (χ1n) is 9.93. The molecule has 162 valence electrons. The Morgan fingerprint density at radius 1 is 1.10 bits per heavy atom. The molecule has 0 radical (unpaired) electrons. The van der Waals surface area contributed by atoms with E-state index in [0.29, 0.717) is 0 Å². The van der Waals surface area contributed by atoms with Crippen LogP contribution in [0.5, 0.6) is 0 Å². The molecule has 0 saturated carbocycles. The zero-order valence-corrected chi connectivity index (χ0v) is 18.4. The largest absolute Gasteiger partial charge is 0.478 e. The van der Waals surface area contributed by atoms with E-state index in [4.69, 9.17) is 4.74 Å². The number of carboxylic acids is 1. The Labute approximate surface area is 186 Å². The van der Waals surface area contributed by atoms with Crippen LogP contribution < -0.4 is 5.32 Å². The van der Waals surface area contributed by atoms with Crippen molar-refractivity contribution in [2.75, 3.05) is 13.2 Å². The Kier molecular flexibility index (Phi) is 6.34. The number of sulfone groups is 1. The number of thiol groups is 1. The number of carboxylic acid groups (broad SMARTS) is 1. The molecule has 3 atom stereocenters. The lowest BCUT2D eigenvalue weighted by molar-refractivity contribution is 0.0695. The highest BCUT2D eigenvalue weighted by Crippen LogP contribution is 2.33. The molecule has 0 spiro atoms. The molecule has 0 aromatic heterocycles. The maximum Gasteiger partial charge on any atom is 0.335 e. The van der Waals surface area contributed by atoms with Crippen LogP contribution in [0.2, 0.25) is 0 Å². The van der Waals surface area contributed by atoms with E-state index in [1.165, 1.54) is 18.2 Å². The summed E-state index contributed by atoms with van der Waals surface area (Å²) in [5, 5.41) is 14.5. The minimum Gasteiger partial charge on any atom is -0.478 e. The maximum atomic E-state index is 13.6. The van der Waals surface area contributed by atoms with Crippen LogP contribution in [0.1, 0.15) is 27.8 Å². The Hall–Kier alpha value is -2.39. The minimum absolute atomic E-state index is 0.00854. The molecular formula is C23H23NO5S2. The standard InChI is InChI=1S/C23H23NO5S2/c25-22(26)17-6-3-7-18(10-17)23(29-14-19-12-20(30)13-24-19)31(27,28)21-9-8-15-4-1-2-5-16(15)11-21/h1-11,19-20,23-24,30H,12-14H2,(H,25,26). The van der Waals surface area contributed by atoms with Gasteiger partial charge in [0.25, 0.3) is 0 Å². The molecule has 4 rings (SSSR count). The van der Waals surface area contributed by atoms with Gasteiger partial charge in [0, 0.05) is 17.8 Å². The highest BCUT2D eigenvalue weighted by Gasteiger charge is 2.32. The summed E-state index contributed by atoms with van der Waals surface area (Å²) < 4.78 is 33.2. The molecule has 8 heteroatoms. The summed E-state index contributed by atoms with van der Waals surface area (Å²) in [6.07, 6.45) is 0.765. The highest BCUT2D eigenvalue weighted by molar-refractivity contribution is 7.91. The molecule has 1 heterocycles. The summed E-state index contributed by atoms with van der Waals surface area (Å²) in [6, 6.07) is 18.3. The van der Waals surface area contributed by atoms with Crippen molar-refractivity contribution in [3.8, 4) is 0 Å². The second-order valence-corrected chi connectivity index (χ2v) is 10.4. The van der Waals surface area contributed by atoms with Gasteiger partial charge in [0.05, 0.1) is 17.1 Å². The molecule has 3 aromatic carbocycles. The third-order valence-corrected chi connectivity index (χ3v) is 7.66. The molecule has 1 saturated heterocycles. The van der Waals surface area contributed by atoms with Crippen LogP contribution in [-0.4, -0.2) is 43.9 Å². The molecule has 3 aromatic rings. The van der Waals surface area contributed by atoms with E-state index in [-0.39, 0.29) is 33.9 Å². The molecular weight excluding hydrogens is 434 g/mol. The number of carbonyl (C=O) groups is 1. The number of hydrogen-bond donors (Lipinski definition) is 3. The zero-order valence-electron chi connectivity index (χ0n) is 16.6. The predicted octanol–water partition coefficient (Wildman–Crippen LogP) is 3.69. The van der Waals surface area contributed by atoms with E-state index in [2.05, 4.69) is 17.9 Å². The van der Waals surface area contributed by atoms with Gasteiger partial charge in [0.2, 0.25) is 9.84 Å². The first-order chi connectivity index (χ1) is 14.8. The van der Waals surface area contributed by atoms with E-state index in [0.717, 1.165) is 23.7 Å². The van der Waals surface area contributed by atoms with Gasteiger partial charge in [-0.2, -0.15) is 12.6 Å². The minimum atomic E-state index is -3.96. The van der Waals surface area contributed by atoms with E-state index >= 15 is 0 Å². The highest BCUT2D eigenvalue weighted by atomic mass is 32.2. The number of hydrogen-bond acceptors (Lipinski definition) is 6. The Morgan fingerprint density at radius 2 is 1.87 bits per heavy atom. The maximum absolute atomic E-state index is 13.6. The van der Waals surface area contributed by atoms with Crippen molar-refractivity contribution in [1.29, 1.82) is 0 Å². The summed E-state index contributed by atoms with van der Waals surface area (Å²) in [5.41, 5.74) is -1.03. The Balaban J connectivity index is 1.72. The first kappa shape index (κ1) is 21.8. The molecule has 3 unspecified atom stereocenters. The third-order valence-electron chi connectivity index (χ3n) is 5.38. The van der Waals surface area contributed by atoms with Crippen molar-refractivity contribution in [2.45, 2.75) is 28.0 Å². The predicted molar refractivity (Wildman–Crippen MR) is 122 cm³/mol. The molecule has 31 heavy (non-hydrogen) atoms. The summed E-state index contributed by atoms with van der Waals surface area (Å²) in [7, 11) is -3.96. The summed E-state index contributed by atoms with van der Waals surface area (Å²) >= 11 is 4.45. The fourth-order valence-corrected chi connectivity index (χ4v) is 5.70. The molecule has 1 aliphatic rings. The van der Waals surface area contributed by atoms with Gasteiger partial charge in [-0.05, 0) is 47.0 Å². The second-order valence-electron chi connectivity index (χ2n) is 7.64. The topological polar surface area (TPSA) is 92.7 Å². The van der Waals surface area contributed by atoms with Crippen molar-refractivity contribution < 1.29 is 23.1 Å². The van der Waals surface area contributed by atoms with Gasteiger partial charge in [-0.25, -0.2) is 13.2 Å². The van der Waals surface area contributed by atoms with Gasteiger partial charge in [-0.3, -0.25) is 0 Å². The molecule has 2 N–H and O–H groups in total. The van der Waals surface area contributed by atoms with Crippen LogP contribution in [0.15, 0.2) is 71.6 Å². The monoisotopic (exact) mass is 457 g/mol. The average Bonchev–Trinajstić information content (AvgIpc) is 3.18. The lowest BCUT2D eigenvalue weighted by Gasteiger charge is -2.22. The Bertz CT molecular complexity index is 1210. The molecule has 6 nitrogen and oxygen atoms in total. The quantitative estimate of drug-likeness (QED) is 0.469. The van der Waals surface area contributed by atoms with Crippen LogP contribution in [-0.2, 0) is 14.6 Å². The van der Waals surface area contributed by atoms with Gasteiger partial charge in [0.15, 0.2) is 5.44 Å². The van der Waals surface area contributed by atoms with Crippen LogP contribution in [0.4, 0.5) is 0 Å². The second kappa shape index (κ2) is 9.00. The SMILES string of the molecule is O=C(O)c1cccc(C(OCC2CC(S)CN2)S(=O)(=O)c2ccc3ccccc3c2)c1. The lowest BCUT2D eigenvalue weighted by Crippen LogP contribution is -2.29. The van der Waals surface area contributed by atoms with E-state index < -0.39 is 21.2 Å². The fourth-order valence-electron chi connectivity index (χ4n) is 3.78. The van der Waals surface area contributed by atoms with E-state index in [9.17, 15) is 18.3 Å². The third kappa shape index (κ3) is 4.77. The normalized spacial score (nSPS) is 20.0. The lowest BCUT2D eigenvalue weighted by atomic mass is 10.1. The van der Waals surface area contributed by atoms with Crippen molar-refractivity contribution in [3.63, 3.8) is 0 Å². The van der Waals surface area contributed by atoms with Crippen LogP contribution in [0.3, 0.4) is 0 Å². The number of benzene rings is 3. The van der Waals surface area contributed by atoms with Gasteiger partial charge in [0.1, 0.15) is 0 Å².